The van der Waals surface area contributed by atoms with E-state index >= 15 is 0 Å². The number of rotatable bonds is 7. The highest BCUT2D eigenvalue weighted by Gasteiger charge is 2.15. The Morgan fingerprint density at radius 3 is 2.50 bits per heavy atom. The number of nitrogens with zero attached hydrogens (tertiary/aromatic N) is 2. The molecule has 0 aliphatic carbocycles. The molecule has 3 nitrogen and oxygen atoms in total. The van der Waals surface area contributed by atoms with E-state index in [4.69, 9.17) is 5.73 Å². The Hall–Kier alpha value is -0.120. The summed E-state index contributed by atoms with van der Waals surface area (Å²) in [5, 5.41) is 0. The van der Waals surface area contributed by atoms with Crippen molar-refractivity contribution in [3.05, 3.63) is 0 Å². The Balaban J connectivity index is 2.19. The predicted molar refractivity (Wildman–Crippen MR) is 79.8 cm³/mol. The van der Waals surface area contributed by atoms with Crippen LogP contribution < -0.4 is 5.73 Å². The third kappa shape index (κ3) is 6.17. The minimum Gasteiger partial charge on any atom is -0.330 e. The van der Waals surface area contributed by atoms with Crippen LogP contribution in [0, 0.1) is 11.8 Å². The van der Waals surface area contributed by atoms with E-state index in [0.717, 1.165) is 18.4 Å². The Bertz CT molecular complexity index is 206. The summed E-state index contributed by atoms with van der Waals surface area (Å²) in [5.74, 6) is 1.61. The molecule has 1 saturated heterocycles. The molecular formula is C15H33N3. The Morgan fingerprint density at radius 2 is 1.83 bits per heavy atom. The molecule has 0 aromatic carbocycles. The minimum absolute atomic E-state index is 0.781. The number of hydrogen-bond acceptors (Lipinski definition) is 3. The predicted octanol–water partition coefficient (Wildman–Crippen LogP) is 2.03. The Morgan fingerprint density at radius 1 is 1.06 bits per heavy atom. The van der Waals surface area contributed by atoms with Crippen LogP contribution >= 0.6 is 0 Å². The fourth-order valence-corrected chi connectivity index (χ4v) is 2.93. The lowest BCUT2D eigenvalue weighted by atomic mass is 9.88. The van der Waals surface area contributed by atoms with Crippen molar-refractivity contribution in [2.45, 2.75) is 39.5 Å². The van der Waals surface area contributed by atoms with Crippen molar-refractivity contribution in [1.29, 1.82) is 0 Å². The van der Waals surface area contributed by atoms with Crippen molar-refractivity contribution in [2.75, 3.05) is 46.3 Å². The molecule has 2 N–H and O–H groups in total. The van der Waals surface area contributed by atoms with Gasteiger partial charge in [0.25, 0.3) is 0 Å². The smallest absolute Gasteiger partial charge is 0.0109 e. The molecule has 1 aliphatic rings. The van der Waals surface area contributed by atoms with E-state index in [9.17, 15) is 0 Å². The molecule has 1 fully saturated rings. The summed E-state index contributed by atoms with van der Waals surface area (Å²) in [6.07, 6.45) is 5.21. The van der Waals surface area contributed by atoms with Crippen molar-refractivity contribution < 1.29 is 0 Å². The highest BCUT2D eigenvalue weighted by molar-refractivity contribution is 4.69. The fourth-order valence-electron chi connectivity index (χ4n) is 2.93. The average Bonchev–Trinajstić information content (AvgIpc) is 2.53. The first-order valence-corrected chi connectivity index (χ1v) is 7.74. The lowest BCUT2D eigenvalue weighted by Gasteiger charge is -2.23. The molecule has 1 heterocycles. The van der Waals surface area contributed by atoms with Crippen LogP contribution in [0.2, 0.25) is 0 Å². The maximum Gasteiger partial charge on any atom is 0.0109 e. The van der Waals surface area contributed by atoms with Gasteiger partial charge in [-0.2, -0.15) is 0 Å². The average molecular weight is 255 g/mol. The van der Waals surface area contributed by atoms with Crippen molar-refractivity contribution >= 4 is 0 Å². The van der Waals surface area contributed by atoms with E-state index in [1.54, 1.807) is 0 Å². The minimum atomic E-state index is 0.781. The van der Waals surface area contributed by atoms with Gasteiger partial charge < -0.3 is 15.5 Å². The van der Waals surface area contributed by atoms with Gasteiger partial charge in [-0.05, 0) is 70.7 Å². The number of nitrogens with two attached hydrogens (primary N) is 1. The number of likely N-dealkylation sites (N-methyl/N-ethyl adjacent to an activating group) is 1. The summed E-state index contributed by atoms with van der Waals surface area (Å²) in [6, 6.07) is 0. The molecule has 1 rings (SSSR count). The van der Waals surface area contributed by atoms with Crippen LogP contribution in [0.4, 0.5) is 0 Å². The van der Waals surface area contributed by atoms with Crippen LogP contribution in [0.15, 0.2) is 0 Å². The summed E-state index contributed by atoms with van der Waals surface area (Å²) in [4.78, 5) is 5.09. The van der Waals surface area contributed by atoms with Gasteiger partial charge in [0.15, 0.2) is 0 Å². The third-order valence-electron chi connectivity index (χ3n) is 4.34. The molecular weight excluding hydrogens is 222 g/mol. The molecule has 0 bridgehead atoms. The largest absolute Gasteiger partial charge is 0.330 e. The highest BCUT2D eigenvalue weighted by Crippen LogP contribution is 2.20. The van der Waals surface area contributed by atoms with E-state index in [1.807, 2.05) is 0 Å². The van der Waals surface area contributed by atoms with Crippen LogP contribution in [0.25, 0.3) is 0 Å². The van der Waals surface area contributed by atoms with Gasteiger partial charge in [0, 0.05) is 13.1 Å². The molecule has 1 aliphatic heterocycles. The van der Waals surface area contributed by atoms with E-state index in [1.165, 1.54) is 58.4 Å². The van der Waals surface area contributed by atoms with E-state index in [2.05, 4.69) is 30.7 Å². The normalized spacial score (nSPS) is 21.2. The van der Waals surface area contributed by atoms with E-state index in [-0.39, 0.29) is 0 Å². The maximum atomic E-state index is 5.70. The zero-order valence-corrected chi connectivity index (χ0v) is 12.7. The second-order valence-electron chi connectivity index (χ2n) is 6.22. The topological polar surface area (TPSA) is 32.5 Å². The zero-order valence-electron chi connectivity index (χ0n) is 12.7. The van der Waals surface area contributed by atoms with Crippen LogP contribution in [0.5, 0.6) is 0 Å². The molecule has 0 aromatic rings. The third-order valence-corrected chi connectivity index (χ3v) is 4.34. The van der Waals surface area contributed by atoms with Gasteiger partial charge in [-0.25, -0.2) is 0 Å². The van der Waals surface area contributed by atoms with Gasteiger partial charge in [0.05, 0.1) is 0 Å². The number of hydrogen-bond donors (Lipinski definition) is 1. The molecule has 0 spiro atoms. The summed E-state index contributed by atoms with van der Waals surface area (Å²) < 4.78 is 0. The van der Waals surface area contributed by atoms with Gasteiger partial charge in [0.2, 0.25) is 0 Å². The van der Waals surface area contributed by atoms with Crippen LogP contribution in [0.3, 0.4) is 0 Å². The quantitative estimate of drug-likeness (QED) is 0.755. The molecule has 1 atom stereocenters. The fraction of sp³-hybridized carbons (Fsp3) is 1.00. The lowest BCUT2D eigenvalue weighted by Crippen LogP contribution is -2.30. The van der Waals surface area contributed by atoms with Gasteiger partial charge in [-0.1, -0.05) is 13.8 Å². The molecule has 108 valence electrons. The second-order valence-corrected chi connectivity index (χ2v) is 6.22. The van der Waals surface area contributed by atoms with Crippen molar-refractivity contribution in [1.82, 2.24) is 9.80 Å². The van der Waals surface area contributed by atoms with Crippen molar-refractivity contribution in [3.8, 4) is 0 Å². The molecule has 0 amide bonds. The standard InChI is InChI=1S/C15H33N3/c1-14(2)15(7-8-16)6-4-10-18-11-5-9-17(3)12-13-18/h14-15H,4-13,16H2,1-3H3. The molecule has 0 aromatic heterocycles. The van der Waals surface area contributed by atoms with Gasteiger partial charge in [0.1, 0.15) is 0 Å². The molecule has 3 heteroatoms. The van der Waals surface area contributed by atoms with E-state index in [0.29, 0.717) is 0 Å². The van der Waals surface area contributed by atoms with E-state index < -0.39 is 0 Å². The second kappa shape index (κ2) is 8.89. The Kier molecular flexibility index (Phi) is 7.87. The molecule has 18 heavy (non-hydrogen) atoms. The molecule has 1 unspecified atom stereocenters. The van der Waals surface area contributed by atoms with Gasteiger partial charge in [-0.15, -0.1) is 0 Å². The SMILES string of the molecule is CC(C)C(CCN)CCCN1CCCN(C)CC1. The molecule has 0 saturated carbocycles. The molecule has 0 radical (unpaired) electrons. The monoisotopic (exact) mass is 255 g/mol. The Labute approximate surface area is 114 Å². The summed E-state index contributed by atoms with van der Waals surface area (Å²) >= 11 is 0. The maximum absolute atomic E-state index is 5.70. The first-order chi connectivity index (χ1) is 8.63. The summed E-state index contributed by atoms with van der Waals surface area (Å²) in [7, 11) is 2.24. The van der Waals surface area contributed by atoms with Crippen LogP contribution in [-0.4, -0.2) is 56.1 Å². The van der Waals surface area contributed by atoms with Crippen LogP contribution in [0.1, 0.15) is 39.5 Å². The first-order valence-electron chi connectivity index (χ1n) is 7.74. The summed E-state index contributed by atoms with van der Waals surface area (Å²) in [5.41, 5.74) is 5.70. The zero-order chi connectivity index (χ0) is 13.4. The lowest BCUT2D eigenvalue weighted by molar-refractivity contribution is 0.251. The first kappa shape index (κ1) is 15.9. The van der Waals surface area contributed by atoms with Gasteiger partial charge >= 0.3 is 0 Å². The summed E-state index contributed by atoms with van der Waals surface area (Å²) in [6.45, 7) is 11.8. The van der Waals surface area contributed by atoms with Crippen molar-refractivity contribution in [2.24, 2.45) is 17.6 Å². The van der Waals surface area contributed by atoms with Crippen LogP contribution in [-0.2, 0) is 0 Å². The highest BCUT2D eigenvalue weighted by atomic mass is 15.2. The van der Waals surface area contributed by atoms with Gasteiger partial charge in [-0.3, -0.25) is 0 Å². The van der Waals surface area contributed by atoms with Crippen molar-refractivity contribution in [3.63, 3.8) is 0 Å².